The highest BCUT2D eigenvalue weighted by Crippen LogP contribution is 2.22. The molecule has 0 aliphatic carbocycles. The lowest BCUT2D eigenvalue weighted by Crippen LogP contribution is -2.24. The van der Waals surface area contributed by atoms with Gasteiger partial charge < -0.3 is 9.88 Å². The number of hydrogen-bond donors (Lipinski definition) is 1. The quantitative estimate of drug-likeness (QED) is 0.722. The number of thioether (sulfide) groups is 1. The highest BCUT2D eigenvalue weighted by molar-refractivity contribution is 7.99. The summed E-state index contributed by atoms with van der Waals surface area (Å²) in [6.45, 7) is 2.03. The van der Waals surface area contributed by atoms with E-state index in [9.17, 15) is 9.18 Å². The van der Waals surface area contributed by atoms with Gasteiger partial charge in [0.2, 0.25) is 5.91 Å². The number of carbonyl (C=O) groups excluding carboxylic acids is 1. The number of carbonyl (C=O) groups is 1. The lowest BCUT2D eigenvalue weighted by molar-refractivity contribution is -0.118. The van der Waals surface area contributed by atoms with Crippen molar-refractivity contribution in [3.8, 4) is 0 Å². The van der Waals surface area contributed by atoms with Gasteiger partial charge in [0, 0.05) is 13.6 Å². The minimum absolute atomic E-state index is 0.104. The topological polar surface area (TPSA) is 46.9 Å². The molecule has 0 saturated carbocycles. The first-order valence-corrected chi connectivity index (χ1v) is 8.59. The Morgan fingerprint density at radius 2 is 2.08 bits per heavy atom. The van der Waals surface area contributed by atoms with Gasteiger partial charge in [0.1, 0.15) is 5.82 Å². The van der Waals surface area contributed by atoms with Crippen molar-refractivity contribution < 1.29 is 9.18 Å². The van der Waals surface area contributed by atoms with Crippen LogP contribution in [0.5, 0.6) is 0 Å². The lowest BCUT2D eigenvalue weighted by Gasteiger charge is -2.06. The largest absolute Gasteiger partial charge is 0.351 e. The van der Waals surface area contributed by atoms with Crippen molar-refractivity contribution in [3.05, 3.63) is 59.4 Å². The van der Waals surface area contributed by atoms with Crippen molar-refractivity contribution in [1.82, 2.24) is 14.9 Å². The van der Waals surface area contributed by atoms with Gasteiger partial charge in [-0.15, -0.1) is 0 Å². The van der Waals surface area contributed by atoms with Gasteiger partial charge >= 0.3 is 0 Å². The number of para-hydroxylation sites is 2. The first-order chi connectivity index (χ1) is 11.5. The predicted molar refractivity (Wildman–Crippen MR) is 94.4 cm³/mol. The van der Waals surface area contributed by atoms with E-state index in [1.807, 2.05) is 41.9 Å². The SMILES string of the molecule is Cc1ccc(CNC(=O)CSc2nc3ccccc3n2C)cc1F. The summed E-state index contributed by atoms with van der Waals surface area (Å²) in [7, 11) is 1.94. The van der Waals surface area contributed by atoms with Crippen molar-refractivity contribution in [1.29, 1.82) is 0 Å². The van der Waals surface area contributed by atoms with E-state index < -0.39 is 0 Å². The number of nitrogens with zero attached hydrogens (tertiary/aromatic N) is 2. The zero-order valence-corrected chi connectivity index (χ0v) is 14.4. The summed E-state index contributed by atoms with van der Waals surface area (Å²) in [5.41, 5.74) is 3.30. The number of rotatable bonds is 5. The van der Waals surface area contributed by atoms with Crippen molar-refractivity contribution >= 4 is 28.7 Å². The molecule has 0 unspecified atom stereocenters. The summed E-state index contributed by atoms with van der Waals surface area (Å²) in [5, 5.41) is 3.60. The van der Waals surface area contributed by atoms with Gasteiger partial charge in [0.25, 0.3) is 0 Å². The average Bonchev–Trinajstić information content (AvgIpc) is 2.90. The Morgan fingerprint density at radius 1 is 1.29 bits per heavy atom. The molecule has 0 saturated heterocycles. The van der Waals surface area contributed by atoms with Gasteiger partial charge in [-0.2, -0.15) is 0 Å². The molecule has 0 radical (unpaired) electrons. The van der Waals surface area contributed by atoms with Gasteiger partial charge in [-0.3, -0.25) is 4.79 Å². The maximum Gasteiger partial charge on any atom is 0.230 e. The van der Waals surface area contributed by atoms with Gasteiger partial charge in [0.15, 0.2) is 5.16 Å². The average molecular weight is 343 g/mol. The second-order valence-corrected chi connectivity index (χ2v) is 6.53. The van der Waals surface area contributed by atoms with Crippen LogP contribution in [-0.4, -0.2) is 21.2 Å². The van der Waals surface area contributed by atoms with Crippen molar-refractivity contribution in [3.63, 3.8) is 0 Å². The van der Waals surface area contributed by atoms with E-state index >= 15 is 0 Å². The third-order valence-corrected chi connectivity index (χ3v) is 4.83. The summed E-state index contributed by atoms with van der Waals surface area (Å²) in [6.07, 6.45) is 0. The fraction of sp³-hybridized carbons (Fsp3) is 0.222. The lowest BCUT2D eigenvalue weighted by atomic mass is 10.1. The van der Waals surface area contributed by atoms with Gasteiger partial charge in [-0.05, 0) is 36.2 Å². The molecule has 0 bridgehead atoms. The maximum atomic E-state index is 13.5. The molecule has 6 heteroatoms. The number of imidazole rings is 1. The number of aromatic nitrogens is 2. The van der Waals surface area contributed by atoms with Gasteiger partial charge in [-0.25, -0.2) is 9.37 Å². The van der Waals surface area contributed by atoms with Crippen LogP contribution in [0.4, 0.5) is 4.39 Å². The van der Waals surface area contributed by atoms with Crippen LogP contribution in [0.15, 0.2) is 47.6 Å². The number of nitrogens with one attached hydrogen (secondary N) is 1. The van der Waals surface area contributed by atoms with Crippen LogP contribution < -0.4 is 5.32 Å². The summed E-state index contributed by atoms with van der Waals surface area (Å²) in [4.78, 5) is 16.5. The first-order valence-electron chi connectivity index (χ1n) is 7.60. The minimum atomic E-state index is -0.254. The van der Waals surface area contributed by atoms with Gasteiger partial charge in [0.05, 0.1) is 16.8 Å². The first kappa shape index (κ1) is 16.5. The summed E-state index contributed by atoms with van der Waals surface area (Å²) in [6, 6.07) is 12.8. The Bertz CT molecular complexity index is 891. The highest BCUT2D eigenvalue weighted by Gasteiger charge is 2.10. The second-order valence-electron chi connectivity index (χ2n) is 5.59. The van der Waals surface area contributed by atoms with Crippen LogP contribution in [0.3, 0.4) is 0 Å². The zero-order valence-electron chi connectivity index (χ0n) is 13.5. The summed E-state index contributed by atoms with van der Waals surface area (Å²) >= 11 is 1.39. The third kappa shape index (κ3) is 3.59. The third-order valence-electron chi connectivity index (χ3n) is 3.80. The van der Waals surface area contributed by atoms with E-state index in [1.54, 1.807) is 13.0 Å². The Morgan fingerprint density at radius 3 is 2.83 bits per heavy atom. The fourth-order valence-electron chi connectivity index (χ4n) is 2.38. The normalized spacial score (nSPS) is 11.0. The fourth-order valence-corrected chi connectivity index (χ4v) is 3.20. The molecule has 3 aromatic rings. The molecule has 0 fully saturated rings. The molecule has 0 aliphatic rings. The zero-order chi connectivity index (χ0) is 17.1. The number of halogens is 1. The molecular weight excluding hydrogens is 325 g/mol. The van der Waals surface area contributed by atoms with Crippen molar-refractivity contribution in [2.24, 2.45) is 7.05 Å². The Hall–Kier alpha value is -2.34. The van der Waals surface area contributed by atoms with E-state index in [-0.39, 0.29) is 17.5 Å². The van der Waals surface area contributed by atoms with Crippen LogP contribution in [0.1, 0.15) is 11.1 Å². The molecular formula is C18H18FN3OS. The Kier molecular flexibility index (Phi) is 4.85. The molecule has 2 aromatic carbocycles. The van der Waals surface area contributed by atoms with Crippen LogP contribution in [-0.2, 0) is 18.4 Å². The number of amides is 1. The molecule has 1 N–H and O–H groups in total. The molecule has 3 rings (SSSR count). The van der Waals surface area contributed by atoms with Gasteiger partial charge in [-0.1, -0.05) is 36.0 Å². The van der Waals surface area contributed by atoms with E-state index in [4.69, 9.17) is 0 Å². The molecule has 1 heterocycles. The molecule has 24 heavy (non-hydrogen) atoms. The number of fused-ring (bicyclic) bond motifs is 1. The molecule has 0 atom stereocenters. The number of benzene rings is 2. The predicted octanol–water partition coefficient (Wildman–Crippen LogP) is 3.43. The Labute approximate surface area is 144 Å². The summed E-state index contributed by atoms with van der Waals surface area (Å²) in [5.74, 6) is -0.0882. The minimum Gasteiger partial charge on any atom is -0.351 e. The van der Waals surface area contributed by atoms with Crippen LogP contribution >= 0.6 is 11.8 Å². The van der Waals surface area contributed by atoms with E-state index in [0.29, 0.717) is 12.1 Å². The molecule has 0 aliphatic heterocycles. The number of hydrogen-bond acceptors (Lipinski definition) is 3. The molecule has 1 amide bonds. The Balaban J connectivity index is 1.56. The van der Waals surface area contributed by atoms with Crippen LogP contribution in [0, 0.1) is 12.7 Å². The summed E-state index contributed by atoms with van der Waals surface area (Å²) < 4.78 is 15.5. The molecule has 1 aromatic heterocycles. The van der Waals surface area contributed by atoms with Crippen LogP contribution in [0.2, 0.25) is 0 Å². The molecule has 0 spiro atoms. The van der Waals surface area contributed by atoms with E-state index in [1.165, 1.54) is 17.8 Å². The standard InChI is InChI=1S/C18H18FN3OS/c1-12-7-8-13(9-14(12)19)10-20-17(23)11-24-18-21-15-5-3-4-6-16(15)22(18)2/h3-9H,10-11H2,1-2H3,(H,20,23). The second kappa shape index (κ2) is 7.05. The number of aryl methyl sites for hydroxylation is 2. The molecule has 124 valence electrons. The maximum absolute atomic E-state index is 13.5. The van der Waals surface area contributed by atoms with Crippen LogP contribution in [0.25, 0.3) is 11.0 Å². The van der Waals surface area contributed by atoms with E-state index in [0.717, 1.165) is 21.8 Å². The monoisotopic (exact) mass is 343 g/mol. The highest BCUT2D eigenvalue weighted by atomic mass is 32.2. The molecule has 4 nitrogen and oxygen atoms in total. The van der Waals surface area contributed by atoms with Crippen molar-refractivity contribution in [2.45, 2.75) is 18.6 Å². The smallest absolute Gasteiger partial charge is 0.230 e. The van der Waals surface area contributed by atoms with E-state index in [2.05, 4.69) is 10.3 Å². The van der Waals surface area contributed by atoms with Crippen molar-refractivity contribution in [2.75, 3.05) is 5.75 Å².